The van der Waals surface area contributed by atoms with Crippen LogP contribution in [-0.2, 0) is 11.3 Å². The number of anilines is 1. The molecule has 7 heteroatoms. The van der Waals surface area contributed by atoms with Crippen LogP contribution < -0.4 is 16.0 Å². The highest BCUT2D eigenvalue weighted by Gasteiger charge is 2.04. The SMILES string of the molecule is C1CCNCC1.C=C(/C=C\C=C(/C)c1cc(NC)ncc1Cl)NCc1cccc(F)c1.C=O. The average Bonchev–Trinajstić information content (AvgIpc) is 2.86. The molecule has 1 aliphatic heterocycles. The first-order chi connectivity index (χ1) is 16.0. The predicted molar refractivity (Wildman–Crippen MR) is 138 cm³/mol. The molecule has 1 aromatic carbocycles. The molecule has 3 rings (SSSR count). The molecule has 1 saturated heterocycles. The van der Waals surface area contributed by atoms with Gasteiger partial charge in [0.1, 0.15) is 18.4 Å². The second kappa shape index (κ2) is 16.6. The lowest BCUT2D eigenvalue weighted by Gasteiger charge is -2.08. The molecule has 2 aromatic rings. The van der Waals surface area contributed by atoms with Crippen LogP contribution in [-0.4, -0.2) is 31.9 Å². The van der Waals surface area contributed by atoms with E-state index < -0.39 is 0 Å². The molecule has 5 nitrogen and oxygen atoms in total. The van der Waals surface area contributed by atoms with Crippen molar-refractivity contribution in [3.63, 3.8) is 0 Å². The minimum Gasteiger partial charge on any atom is -0.381 e. The smallest absolute Gasteiger partial charge is 0.126 e. The van der Waals surface area contributed by atoms with Crippen molar-refractivity contribution in [2.45, 2.75) is 32.7 Å². The van der Waals surface area contributed by atoms with E-state index in [9.17, 15) is 4.39 Å². The molecule has 1 aromatic heterocycles. The van der Waals surface area contributed by atoms with Crippen LogP contribution in [0.1, 0.15) is 37.3 Å². The van der Waals surface area contributed by atoms with Gasteiger partial charge in [0.25, 0.3) is 0 Å². The Hall–Kier alpha value is -2.96. The van der Waals surface area contributed by atoms with Gasteiger partial charge in [0, 0.05) is 31.0 Å². The number of benzene rings is 1. The fourth-order valence-corrected chi connectivity index (χ4v) is 3.25. The maximum Gasteiger partial charge on any atom is 0.126 e. The Kier molecular flexibility index (Phi) is 14.2. The van der Waals surface area contributed by atoms with Crippen molar-refractivity contribution in [2.24, 2.45) is 0 Å². The van der Waals surface area contributed by atoms with Crippen LogP contribution in [0.2, 0.25) is 5.02 Å². The van der Waals surface area contributed by atoms with Crippen LogP contribution in [0.15, 0.2) is 67.0 Å². The molecule has 0 aliphatic carbocycles. The van der Waals surface area contributed by atoms with Crippen LogP contribution in [0.25, 0.3) is 5.57 Å². The van der Waals surface area contributed by atoms with Crippen LogP contribution >= 0.6 is 11.6 Å². The lowest BCUT2D eigenvalue weighted by Crippen LogP contribution is -2.21. The summed E-state index contributed by atoms with van der Waals surface area (Å²) in [6.45, 7) is 10.9. The summed E-state index contributed by atoms with van der Waals surface area (Å²) in [6, 6.07) is 8.38. The number of allylic oxidation sites excluding steroid dienone is 4. The van der Waals surface area contributed by atoms with Crippen LogP contribution in [0.4, 0.5) is 10.2 Å². The lowest BCUT2D eigenvalue weighted by atomic mass is 10.1. The van der Waals surface area contributed by atoms with Crippen molar-refractivity contribution < 1.29 is 9.18 Å². The van der Waals surface area contributed by atoms with Gasteiger partial charge in [-0.2, -0.15) is 0 Å². The third-order valence-corrected chi connectivity index (χ3v) is 5.10. The van der Waals surface area contributed by atoms with Crippen LogP contribution in [0.3, 0.4) is 0 Å². The number of pyridine rings is 1. The maximum atomic E-state index is 13.1. The molecule has 0 bridgehead atoms. The number of hydrogen-bond acceptors (Lipinski definition) is 5. The highest BCUT2D eigenvalue weighted by molar-refractivity contribution is 6.32. The molecule has 3 N–H and O–H groups in total. The van der Waals surface area contributed by atoms with Gasteiger partial charge in [-0.15, -0.1) is 0 Å². The minimum atomic E-state index is -0.241. The Balaban J connectivity index is 0.000000578. The molecular formula is C26H34ClFN4O. The summed E-state index contributed by atoms with van der Waals surface area (Å²) in [7, 11) is 1.81. The van der Waals surface area contributed by atoms with E-state index in [0.29, 0.717) is 11.6 Å². The van der Waals surface area contributed by atoms with Gasteiger partial charge in [-0.3, -0.25) is 0 Å². The summed E-state index contributed by atoms with van der Waals surface area (Å²) in [5.41, 5.74) is 3.54. The molecule has 0 atom stereocenters. The summed E-state index contributed by atoms with van der Waals surface area (Å²) in [5.74, 6) is 0.520. The molecule has 2 heterocycles. The van der Waals surface area contributed by atoms with Gasteiger partial charge in [-0.25, -0.2) is 9.37 Å². The zero-order chi connectivity index (χ0) is 24.5. The lowest BCUT2D eigenvalue weighted by molar-refractivity contribution is -0.0979. The zero-order valence-electron chi connectivity index (χ0n) is 19.5. The number of hydrogen-bond donors (Lipinski definition) is 3. The van der Waals surface area contributed by atoms with E-state index in [-0.39, 0.29) is 5.82 Å². The number of rotatable bonds is 7. The molecule has 1 aliphatic rings. The zero-order valence-corrected chi connectivity index (χ0v) is 20.2. The van der Waals surface area contributed by atoms with Gasteiger partial charge >= 0.3 is 0 Å². The number of aromatic nitrogens is 1. The topological polar surface area (TPSA) is 66.1 Å². The second-order valence-corrected chi connectivity index (χ2v) is 7.73. The number of carbonyl (C=O) groups is 1. The highest BCUT2D eigenvalue weighted by Crippen LogP contribution is 2.25. The molecule has 0 spiro atoms. The molecule has 0 unspecified atom stereocenters. The van der Waals surface area contributed by atoms with E-state index in [1.54, 1.807) is 12.3 Å². The predicted octanol–water partition coefficient (Wildman–Crippen LogP) is 5.75. The Morgan fingerprint density at radius 3 is 2.55 bits per heavy atom. The van der Waals surface area contributed by atoms with Crippen molar-refractivity contribution in [1.82, 2.24) is 15.6 Å². The molecule has 0 radical (unpaired) electrons. The standard InChI is InChI=1S/C20H21ClFN3.C5H11N.CH2O/c1-14(18-11-20(23-3)25-13-19(18)21)6-4-7-15(2)24-12-16-8-5-9-17(22)10-16;1-2-4-6-5-3-1;1-2/h4-11,13,24H,2,12H2,1,3H3,(H,23,25);6H,1-5H2;1H2/b7-4-,14-6+;;. The van der Waals surface area contributed by atoms with E-state index in [1.165, 1.54) is 44.5 Å². The maximum absolute atomic E-state index is 13.1. The number of piperidine rings is 1. The summed E-state index contributed by atoms with van der Waals surface area (Å²) >= 11 is 6.20. The van der Waals surface area contributed by atoms with Gasteiger partial charge in [-0.1, -0.05) is 48.9 Å². The molecule has 33 heavy (non-hydrogen) atoms. The van der Waals surface area contributed by atoms with Crippen molar-refractivity contribution in [1.29, 1.82) is 0 Å². The Labute approximate surface area is 201 Å². The first-order valence-corrected chi connectivity index (χ1v) is 11.2. The van der Waals surface area contributed by atoms with Crippen molar-refractivity contribution >= 4 is 29.8 Å². The quantitative estimate of drug-likeness (QED) is 0.447. The Morgan fingerprint density at radius 2 is 1.97 bits per heavy atom. The minimum absolute atomic E-state index is 0.241. The first kappa shape index (κ1) is 28.1. The highest BCUT2D eigenvalue weighted by atomic mass is 35.5. The molecule has 0 amide bonds. The number of carbonyl (C=O) groups excluding carboxylic acids is 1. The Bertz CT molecular complexity index is 915. The summed E-state index contributed by atoms with van der Waals surface area (Å²) in [5, 5.41) is 10.0. The van der Waals surface area contributed by atoms with Gasteiger partial charge < -0.3 is 20.7 Å². The third kappa shape index (κ3) is 11.5. The van der Waals surface area contributed by atoms with E-state index in [2.05, 4.69) is 27.5 Å². The fraction of sp³-hybridized carbons (Fsp3) is 0.308. The van der Waals surface area contributed by atoms with Crippen molar-refractivity contribution in [2.75, 3.05) is 25.5 Å². The average molecular weight is 473 g/mol. The van der Waals surface area contributed by atoms with Crippen LogP contribution in [0, 0.1) is 5.82 Å². The van der Waals surface area contributed by atoms with E-state index in [0.717, 1.165) is 28.2 Å². The fourth-order valence-electron chi connectivity index (χ4n) is 3.00. The molecule has 178 valence electrons. The molecular weight excluding hydrogens is 439 g/mol. The van der Waals surface area contributed by atoms with Gasteiger partial charge in [0.05, 0.1) is 5.02 Å². The number of halogens is 2. The summed E-state index contributed by atoms with van der Waals surface area (Å²) in [4.78, 5) is 12.2. The van der Waals surface area contributed by atoms with E-state index in [1.807, 2.05) is 51.1 Å². The largest absolute Gasteiger partial charge is 0.381 e. The molecule has 0 saturated carbocycles. The number of nitrogens with one attached hydrogen (secondary N) is 3. The van der Waals surface area contributed by atoms with Gasteiger partial charge in [0.2, 0.25) is 0 Å². The van der Waals surface area contributed by atoms with Gasteiger partial charge in [0.15, 0.2) is 0 Å². The number of nitrogens with zero attached hydrogens (tertiary/aromatic N) is 1. The normalized spacial score (nSPS) is 13.3. The molecule has 1 fully saturated rings. The van der Waals surface area contributed by atoms with E-state index >= 15 is 0 Å². The summed E-state index contributed by atoms with van der Waals surface area (Å²) < 4.78 is 13.1. The Morgan fingerprint density at radius 1 is 1.24 bits per heavy atom. The van der Waals surface area contributed by atoms with Crippen molar-refractivity contribution in [3.05, 3.63) is 89.0 Å². The second-order valence-electron chi connectivity index (χ2n) is 7.33. The monoisotopic (exact) mass is 472 g/mol. The first-order valence-electron chi connectivity index (χ1n) is 10.8. The van der Waals surface area contributed by atoms with Crippen molar-refractivity contribution in [3.8, 4) is 0 Å². The van der Waals surface area contributed by atoms with Gasteiger partial charge in [-0.05, 0) is 68.3 Å². The van der Waals surface area contributed by atoms with Crippen LogP contribution in [0.5, 0.6) is 0 Å². The van der Waals surface area contributed by atoms with E-state index in [4.69, 9.17) is 16.4 Å². The summed E-state index contributed by atoms with van der Waals surface area (Å²) in [6.07, 6.45) is 11.6. The third-order valence-electron chi connectivity index (χ3n) is 4.80.